The molecule has 1 atom stereocenters. The molecule has 1 aliphatic heterocycles. The lowest BCUT2D eigenvalue weighted by molar-refractivity contribution is 0.326. The van der Waals surface area contributed by atoms with E-state index in [0.717, 1.165) is 18.3 Å². The van der Waals surface area contributed by atoms with Crippen LogP contribution in [0.1, 0.15) is 24.8 Å². The van der Waals surface area contributed by atoms with Gasteiger partial charge in [-0.1, -0.05) is 0 Å². The Morgan fingerprint density at radius 1 is 1.33 bits per heavy atom. The molecule has 3 N–H and O–H groups in total. The van der Waals surface area contributed by atoms with Crippen LogP contribution in [0.25, 0.3) is 0 Å². The van der Waals surface area contributed by atoms with Gasteiger partial charge in [-0.05, 0) is 37.5 Å². The molecule has 1 saturated carbocycles. The van der Waals surface area contributed by atoms with Gasteiger partial charge < -0.3 is 11.1 Å². The van der Waals surface area contributed by atoms with Gasteiger partial charge in [-0.15, -0.1) is 0 Å². The molecule has 0 radical (unpaired) electrons. The van der Waals surface area contributed by atoms with Crippen LogP contribution in [0.5, 0.6) is 0 Å². The summed E-state index contributed by atoms with van der Waals surface area (Å²) in [5.74, 6) is 0. The maximum Gasteiger partial charge on any atom is 0.101 e. The van der Waals surface area contributed by atoms with Gasteiger partial charge in [-0.2, -0.15) is 5.26 Å². The summed E-state index contributed by atoms with van der Waals surface area (Å²) in [6, 6.07) is 9.06. The molecular weight excluding hydrogens is 224 g/mol. The highest BCUT2D eigenvalue weighted by atomic mass is 15.2. The van der Waals surface area contributed by atoms with E-state index >= 15 is 0 Å². The third-order valence-corrected chi connectivity index (χ3v) is 3.83. The predicted molar refractivity (Wildman–Crippen MR) is 72.2 cm³/mol. The van der Waals surface area contributed by atoms with Gasteiger partial charge in [0.2, 0.25) is 0 Å². The fourth-order valence-corrected chi connectivity index (χ4v) is 2.66. The van der Waals surface area contributed by atoms with E-state index in [2.05, 4.69) is 16.3 Å². The smallest absolute Gasteiger partial charge is 0.101 e. The maximum absolute atomic E-state index is 8.96. The van der Waals surface area contributed by atoms with Crippen LogP contribution >= 0.6 is 0 Å². The quantitative estimate of drug-likeness (QED) is 0.793. The van der Waals surface area contributed by atoms with Gasteiger partial charge in [0.25, 0.3) is 0 Å². The second kappa shape index (κ2) is 4.51. The number of hydrogen-bond acceptors (Lipinski definition) is 4. The van der Waals surface area contributed by atoms with E-state index in [1.54, 1.807) is 6.07 Å². The van der Waals surface area contributed by atoms with E-state index < -0.39 is 0 Å². The molecule has 1 aliphatic carbocycles. The summed E-state index contributed by atoms with van der Waals surface area (Å²) in [5.41, 5.74) is 7.83. The summed E-state index contributed by atoms with van der Waals surface area (Å²) >= 11 is 0. The van der Waals surface area contributed by atoms with Crippen molar-refractivity contribution in [2.45, 2.75) is 31.3 Å². The Morgan fingerprint density at radius 3 is 2.89 bits per heavy atom. The molecular formula is C14H18N4. The minimum absolute atomic E-state index is 0.501. The number of nitrogen functional groups attached to an aromatic ring is 1. The van der Waals surface area contributed by atoms with Crippen LogP contribution in [0.4, 0.5) is 11.4 Å². The Morgan fingerprint density at radius 2 is 2.17 bits per heavy atom. The van der Waals surface area contributed by atoms with Crippen LogP contribution < -0.4 is 11.1 Å². The Bertz CT molecular complexity index is 487. The Labute approximate surface area is 107 Å². The first-order valence-corrected chi connectivity index (χ1v) is 6.56. The van der Waals surface area contributed by atoms with Crippen molar-refractivity contribution in [3.63, 3.8) is 0 Å². The first-order chi connectivity index (χ1) is 8.76. The summed E-state index contributed by atoms with van der Waals surface area (Å²) in [5, 5.41) is 12.5. The van der Waals surface area contributed by atoms with Crippen molar-refractivity contribution >= 4 is 11.4 Å². The SMILES string of the molecule is N#Cc1cc(NC2CCN(C3CC3)C2)ccc1N. The van der Waals surface area contributed by atoms with Gasteiger partial charge in [0.15, 0.2) is 0 Å². The predicted octanol–water partition coefficient (Wildman–Crippen LogP) is 1.79. The monoisotopic (exact) mass is 242 g/mol. The fraction of sp³-hybridized carbons (Fsp3) is 0.500. The lowest BCUT2D eigenvalue weighted by Gasteiger charge is -2.17. The van der Waals surface area contributed by atoms with Crippen molar-refractivity contribution in [3.05, 3.63) is 23.8 Å². The fourth-order valence-electron chi connectivity index (χ4n) is 2.66. The number of nitrogens with two attached hydrogens (primary N) is 1. The van der Waals surface area contributed by atoms with E-state index in [-0.39, 0.29) is 0 Å². The molecule has 0 bridgehead atoms. The number of nitriles is 1. The Balaban J connectivity index is 1.64. The molecule has 2 fully saturated rings. The highest BCUT2D eigenvalue weighted by Gasteiger charge is 2.34. The second-order valence-corrected chi connectivity index (χ2v) is 5.27. The largest absolute Gasteiger partial charge is 0.398 e. The molecule has 0 aromatic heterocycles. The van der Waals surface area contributed by atoms with E-state index in [1.165, 1.54) is 25.8 Å². The van der Waals surface area contributed by atoms with Crippen molar-refractivity contribution in [2.75, 3.05) is 24.1 Å². The summed E-state index contributed by atoms with van der Waals surface area (Å²) in [6.07, 6.45) is 3.92. The Kier molecular flexibility index (Phi) is 2.85. The molecule has 1 unspecified atom stereocenters. The van der Waals surface area contributed by atoms with Crippen molar-refractivity contribution in [1.29, 1.82) is 5.26 Å². The zero-order valence-corrected chi connectivity index (χ0v) is 10.4. The summed E-state index contributed by atoms with van der Waals surface area (Å²) < 4.78 is 0. The van der Waals surface area contributed by atoms with Gasteiger partial charge in [0.05, 0.1) is 5.56 Å². The van der Waals surface area contributed by atoms with Gasteiger partial charge in [0, 0.05) is 36.5 Å². The number of rotatable bonds is 3. The molecule has 94 valence electrons. The molecule has 4 nitrogen and oxygen atoms in total. The zero-order chi connectivity index (χ0) is 12.5. The number of nitrogens with zero attached hydrogens (tertiary/aromatic N) is 2. The van der Waals surface area contributed by atoms with E-state index in [1.807, 2.05) is 12.1 Å². The first-order valence-electron chi connectivity index (χ1n) is 6.56. The van der Waals surface area contributed by atoms with Crippen LogP contribution in [0.2, 0.25) is 0 Å². The normalized spacial score (nSPS) is 23.8. The van der Waals surface area contributed by atoms with Crippen molar-refractivity contribution in [2.24, 2.45) is 0 Å². The number of hydrogen-bond donors (Lipinski definition) is 2. The van der Waals surface area contributed by atoms with Crippen LogP contribution in [-0.2, 0) is 0 Å². The molecule has 1 aromatic rings. The van der Waals surface area contributed by atoms with Crippen LogP contribution in [0.3, 0.4) is 0 Å². The second-order valence-electron chi connectivity index (χ2n) is 5.27. The van der Waals surface area contributed by atoms with E-state index in [9.17, 15) is 0 Å². The van der Waals surface area contributed by atoms with Crippen LogP contribution in [0, 0.1) is 11.3 Å². The average molecular weight is 242 g/mol. The summed E-state index contributed by atoms with van der Waals surface area (Å²) in [4.78, 5) is 2.57. The standard InChI is InChI=1S/C14H18N4/c15-8-10-7-11(1-4-14(10)16)17-12-5-6-18(9-12)13-2-3-13/h1,4,7,12-13,17H,2-3,5-6,9,16H2. The van der Waals surface area contributed by atoms with E-state index in [0.29, 0.717) is 17.3 Å². The first kappa shape index (κ1) is 11.4. The zero-order valence-electron chi connectivity index (χ0n) is 10.4. The number of nitrogens with one attached hydrogen (secondary N) is 1. The number of anilines is 2. The van der Waals surface area contributed by atoms with Gasteiger partial charge in [0.1, 0.15) is 6.07 Å². The molecule has 1 aromatic carbocycles. The average Bonchev–Trinajstić information content (AvgIpc) is 3.13. The summed E-state index contributed by atoms with van der Waals surface area (Å²) in [7, 11) is 0. The molecule has 3 rings (SSSR count). The minimum Gasteiger partial charge on any atom is -0.398 e. The lowest BCUT2D eigenvalue weighted by atomic mass is 10.1. The molecule has 0 spiro atoms. The van der Waals surface area contributed by atoms with Gasteiger partial charge in [-0.25, -0.2) is 0 Å². The topological polar surface area (TPSA) is 65.1 Å². The van der Waals surface area contributed by atoms with Gasteiger partial charge >= 0.3 is 0 Å². The molecule has 4 heteroatoms. The van der Waals surface area contributed by atoms with Crippen LogP contribution in [-0.4, -0.2) is 30.1 Å². The number of benzene rings is 1. The third-order valence-electron chi connectivity index (χ3n) is 3.83. The summed E-state index contributed by atoms with van der Waals surface area (Å²) in [6.45, 7) is 2.32. The molecule has 18 heavy (non-hydrogen) atoms. The highest BCUT2D eigenvalue weighted by Crippen LogP contribution is 2.30. The lowest BCUT2D eigenvalue weighted by Crippen LogP contribution is -2.27. The number of likely N-dealkylation sites (tertiary alicyclic amines) is 1. The third kappa shape index (κ3) is 2.27. The van der Waals surface area contributed by atoms with E-state index in [4.69, 9.17) is 11.0 Å². The molecule has 1 heterocycles. The minimum atomic E-state index is 0.501. The Hall–Kier alpha value is -1.73. The maximum atomic E-state index is 8.96. The van der Waals surface area contributed by atoms with Crippen LogP contribution in [0.15, 0.2) is 18.2 Å². The van der Waals surface area contributed by atoms with Gasteiger partial charge in [-0.3, -0.25) is 4.90 Å². The highest BCUT2D eigenvalue weighted by molar-refractivity contribution is 5.62. The van der Waals surface area contributed by atoms with Crippen molar-refractivity contribution in [3.8, 4) is 6.07 Å². The van der Waals surface area contributed by atoms with Crippen molar-refractivity contribution < 1.29 is 0 Å². The van der Waals surface area contributed by atoms with Crippen molar-refractivity contribution in [1.82, 2.24) is 4.90 Å². The molecule has 1 saturated heterocycles. The molecule has 0 amide bonds. The molecule has 2 aliphatic rings.